The van der Waals surface area contributed by atoms with E-state index >= 15 is 0 Å². The van der Waals surface area contributed by atoms with Gasteiger partial charge in [0.25, 0.3) is 10.0 Å². The largest absolute Gasteiger partial charge is 0.497 e. The first-order valence-corrected chi connectivity index (χ1v) is 11.8. The molecule has 1 aliphatic heterocycles. The van der Waals surface area contributed by atoms with E-state index in [9.17, 15) is 8.42 Å². The Labute approximate surface area is 190 Å². The predicted octanol–water partition coefficient (Wildman–Crippen LogP) is 3.22. The standard InChI is InChI=1S/C22H22N4O6S/c1-29-15-6-7-17(30-2)19(12-15)33(27,28)25-22-20-18(32-24-22)11-14(13-26-9-4-8-23-26)16-5-3-10-31-21(16)20/h4,6-9,11-12H,3,5,10,13H2,1-2H3,(H,24,25). The molecule has 0 saturated heterocycles. The van der Waals surface area contributed by atoms with E-state index in [1.807, 2.05) is 23.0 Å². The van der Waals surface area contributed by atoms with Crippen molar-refractivity contribution in [3.63, 3.8) is 0 Å². The highest BCUT2D eigenvalue weighted by molar-refractivity contribution is 7.92. The molecule has 33 heavy (non-hydrogen) atoms. The Balaban J connectivity index is 1.59. The highest BCUT2D eigenvalue weighted by Gasteiger charge is 2.28. The second-order valence-electron chi connectivity index (χ2n) is 7.53. The lowest BCUT2D eigenvalue weighted by Gasteiger charge is -2.21. The maximum absolute atomic E-state index is 13.3. The number of hydrogen-bond donors (Lipinski definition) is 1. The van der Waals surface area contributed by atoms with E-state index in [4.69, 9.17) is 18.7 Å². The average molecular weight is 471 g/mol. The van der Waals surface area contributed by atoms with Crippen LogP contribution in [0.4, 0.5) is 5.82 Å². The molecule has 0 amide bonds. The van der Waals surface area contributed by atoms with E-state index in [1.165, 1.54) is 26.4 Å². The Hall–Kier alpha value is -3.73. The molecule has 0 spiro atoms. The molecule has 10 nitrogen and oxygen atoms in total. The van der Waals surface area contributed by atoms with Crippen LogP contribution in [0.3, 0.4) is 0 Å². The lowest BCUT2D eigenvalue weighted by atomic mass is 9.97. The van der Waals surface area contributed by atoms with Crippen molar-refractivity contribution < 1.29 is 27.2 Å². The minimum atomic E-state index is -4.07. The third-order valence-electron chi connectivity index (χ3n) is 5.51. The van der Waals surface area contributed by atoms with E-state index in [2.05, 4.69) is 15.0 Å². The maximum Gasteiger partial charge on any atom is 0.266 e. The van der Waals surface area contributed by atoms with Gasteiger partial charge in [0.1, 0.15) is 27.5 Å². The van der Waals surface area contributed by atoms with Gasteiger partial charge in [-0.2, -0.15) is 5.10 Å². The molecule has 2 aromatic carbocycles. The fourth-order valence-electron chi connectivity index (χ4n) is 3.97. The summed E-state index contributed by atoms with van der Waals surface area (Å²) < 4.78 is 52.8. The van der Waals surface area contributed by atoms with Gasteiger partial charge in [0.15, 0.2) is 11.4 Å². The molecule has 0 saturated carbocycles. The maximum atomic E-state index is 13.3. The summed E-state index contributed by atoms with van der Waals surface area (Å²) >= 11 is 0. The van der Waals surface area contributed by atoms with E-state index in [1.54, 1.807) is 12.3 Å². The van der Waals surface area contributed by atoms with Crippen molar-refractivity contribution >= 4 is 26.8 Å². The Kier molecular flexibility index (Phi) is 5.33. The molecule has 1 aliphatic rings. The molecule has 0 bridgehead atoms. The fourth-order valence-corrected chi connectivity index (χ4v) is 5.17. The number of ether oxygens (including phenoxy) is 3. The first kappa shape index (κ1) is 21.1. The van der Waals surface area contributed by atoms with Gasteiger partial charge >= 0.3 is 0 Å². The number of nitrogens with zero attached hydrogens (tertiary/aromatic N) is 3. The molecule has 5 rings (SSSR count). The molecule has 0 radical (unpaired) electrons. The van der Waals surface area contributed by atoms with Crippen LogP contribution in [0.2, 0.25) is 0 Å². The molecule has 1 N–H and O–H groups in total. The lowest BCUT2D eigenvalue weighted by Crippen LogP contribution is -2.16. The van der Waals surface area contributed by atoms with Crippen LogP contribution in [0, 0.1) is 0 Å². The van der Waals surface area contributed by atoms with Gasteiger partial charge in [-0.05, 0) is 42.7 Å². The number of sulfonamides is 1. The molecular formula is C22H22N4O6S. The first-order chi connectivity index (χ1) is 16.0. The van der Waals surface area contributed by atoms with Crippen molar-refractivity contribution in [3.05, 3.63) is 53.9 Å². The minimum absolute atomic E-state index is 0.0543. The summed E-state index contributed by atoms with van der Waals surface area (Å²) in [6.45, 7) is 1.06. The highest BCUT2D eigenvalue weighted by atomic mass is 32.2. The quantitative estimate of drug-likeness (QED) is 0.438. The molecular weight excluding hydrogens is 448 g/mol. The molecule has 2 aromatic heterocycles. The van der Waals surface area contributed by atoms with Crippen molar-refractivity contribution in [2.75, 3.05) is 25.5 Å². The highest BCUT2D eigenvalue weighted by Crippen LogP contribution is 2.41. The van der Waals surface area contributed by atoms with Crippen molar-refractivity contribution in [3.8, 4) is 17.2 Å². The van der Waals surface area contributed by atoms with Crippen LogP contribution in [-0.4, -0.2) is 44.2 Å². The van der Waals surface area contributed by atoms with Crippen LogP contribution in [0.5, 0.6) is 17.2 Å². The molecule has 172 valence electrons. The van der Waals surface area contributed by atoms with Gasteiger partial charge in [0.05, 0.1) is 27.4 Å². The summed E-state index contributed by atoms with van der Waals surface area (Å²) in [4.78, 5) is -0.0782. The molecule has 3 heterocycles. The van der Waals surface area contributed by atoms with Crippen LogP contribution >= 0.6 is 0 Å². The Morgan fingerprint density at radius 3 is 2.85 bits per heavy atom. The smallest absolute Gasteiger partial charge is 0.266 e. The molecule has 0 unspecified atom stereocenters. The topological polar surface area (TPSA) is 118 Å². The van der Waals surface area contributed by atoms with Gasteiger partial charge in [0, 0.05) is 24.0 Å². The van der Waals surface area contributed by atoms with Crippen LogP contribution in [0.25, 0.3) is 11.0 Å². The van der Waals surface area contributed by atoms with Crippen molar-refractivity contribution in [2.45, 2.75) is 24.3 Å². The number of aromatic nitrogens is 3. The number of fused-ring (bicyclic) bond motifs is 3. The van der Waals surface area contributed by atoms with E-state index in [0.29, 0.717) is 35.6 Å². The van der Waals surface area contributed by atoms with Gasteiger partial charge in [-0.25, -0.2) is 8.42 Å². The fraction of sp³-hybridized carbons (Fsp3) is 0.273. The monoisotopic (exact) mass is 470 g/mol. The van der Waals surface area contributed by atoms with Gasteiger partial charge < -0.3 is 18.7 Å². The number of methoxy groups -OCH3 is 2. The summed E-state index contributed by atoms with van der Waals surface area (Å²) in [7, 11) is -1.21. The Morgan fingerprint density at radius 1 is 1.21 bits per heavy atom. The third kappa shape index (κ3) is 3.84. The van der Waals surface area contributed by atoms with Gasteiger partial charge in [0.2, 0.25) is 0 Å². The summed E-state index contributed by atoms with van der Waals surface area (Å²) in [5.41, 5.74) is 2.40. The number of anilines is 1. The predicted molar refractivity (Wildman–Crippen MR) is 120 cm³/mol. The van der Waals surface area contributed by atoms with Crippen molar-refractivity contribution in [2.24, 2.45) is 0 Å². The zero-order valence-corrected chi connectivity index (χ0v) is 18.9. The summed E-state index contributed by atoms with van der Waals surface area (Å²) in [6, 6.07) is 8.25. The molecule has 0 aliphatic carbocycles. The second kappa shape index (κ2) is 8.32. The van der Waals surface area contributed by atoms with E-state index < -0.39 is 10.0 Å². The Morgan fingerprint density at radius 2 is 2.09 bits per heavy atom. The second-order valence-corrected chi connectivity index (χ2v) is 9.18. The number of benzene rings is 2. The van der Waals surface area contributed by atoms with Crippen LogP contribution in [-0.2, 0) is 23.0 Å². The number of hydrogen-bond acceptors (Lipinski definition) is 8. The SMILES string of the molecule is COc1ccc(OC)c(S(=O)(=O)Nc2noc3cc(Cn4cccn4)c4c(c23)OCCC4)c1. The van der Waals surface area contributed by atoms with Gasteiger partial charge in [-0.3, -0.25) is 9.40 Å². The first-order valence-electron chi connectivity index (χ1n) is 10.3. The zero-order valence-electron chi connectivity index (χ0n) is 18.1. The summed E-state index contributed by atoms with van der Waals surface area (Å²) in [5, 5.41) is 8.77. The molecule has 11 heteroatoms. The summed E-state index contributed by atoms with van der Waals surface area (Å²) in [5.74, 6) is 1.19. The number of rotatable bonds is 7. The van der Waals surface area contributed by atoms with Gasteiger partial charge in [-0.1, -0.05) is 5.16 Å². The van der Waals surface area contributed by atoms with Crippen LogP contribution < -0.4 is 18.9 Å². The average Bonchev–Trinajstić information content (AvgIpc) is 3.48. The van der Waals surface area contributed by atoms with Crippen LogP contribution in [0.15, 0.2) is 52.1 Å². The molecule has 0 fully saturated rings. The Bertz CT molecular complexity index is 1410. The van der Waals surface area contributed by atoms with E-state index in [0.717, 1.165) is 24.0 Å². The lowest BCUT2D eigenvalue weighted by molar-refractivity contribution is 0.291. The molecule has 0 atom stereocenters. The molecule has 4 aromatic rings. The van der Waals surface area contributed by atoms with Crippen molar-refractivity contribution in [1.29, 1.82) is 0 Å². The third-order valence-corrected chi connectivity index (χ3v) is 6.87. The minimum Gasteiger partial charge on any atom is -0.497 e. The summed E-state index contributed by atoms with van der Waals surface area (Å²) in [6.07, 6.45) is 5.25. The number of nitrogens with one attached hydrogen (secondary N) is 1. The van der Waals surface area contributed by atoms with E-state index in [-0.39, 0.29) is 16.5 Å². The van der Waals surface area contributed by atoms with Crippen molar-refractivity contribution in [1.82, 2.24) is 14.9 Å². The van der Waals surface area contributed by atoms with Gasteiger partial charge in [-0.15, -0.1) is 0 Å². The normalized spacial score (nSPS) is 13.4. The zero-order chi connectivity index (χ0) is 23.0. The van der Waals surface area contributed by atoms with Crippen LogP contribution in [0.1, 0.15) is 17.5 Å².